The number of halogens is 2. The van der Waals surface area contributed by atoms with Gasteiger partial charge < -0.3 is 10.4 Å². The van der Waals surface area contributed by atoms with Crippen LogP contribution < -0.4 is 10.7 Å². The van der Waals surface area contributed by atoms with Gasteiger partial charge >= 0.3 is 0 Å². The zero-order chi connectivity index (χ0) is 15.7. The second kappa shape index (κ2) is 6.60. The standard InChI is InChI=1S/C15H17Cl2N3OS/c16-11-5-10(14(21)12(17)6-11)7-18-20-15(22)19-13-4-8-1-2-9(13)3-8/h5-9,13,21H,1-4H2,(H2,19,20,22)/b18-7-/t8-,9+,13+/m0/s1. The topological polar surface area (TPSA) is 56.7 Å². The number of hydrogen-bond donors (Lipinski definition) is 3. The van der Waals surface area contributed by atoms with Gasteiger partial charge in [-0.1, -0.05) is 29.6 Å². The molecule has 0 unspecified atom stereocenters. The number of fused-ring (bicyclic) bond motifs is 2. The molecule has 1 aromatic carbocycles. The fraction of sp³-hybridized carbons (Fsp3) is 0.467. The Morgan fingerprint density at radius 3 is 2.82 bits per heavy atom. The summed E-state index contributed by atoms with van der Waals surface area (Å²) in [6.45, 7) is 0. The van der Waals surface area contributed by atoms with Gasteiger partial charge in [0.05, 0.1) is 11.2 Å². The van der Waals surface area contributed by atoms with Crippen LogP contribution in [0.25, 0.3) is 0 Å². The zero-order valence-corrected chi connectivity index (χ0v) is 14.2. The highest BCUT2D eigenvalue weighted by atomic mass is 35.5. The highest BCUT2D eigenvalue weighted by Gasteiger charge is 2.39. The first-order valence-corrected chi connectivity index (χ1v) is 8.47. The molecule has 3 rings (SSSR count). The van der Waals surface area contributed by atoms with Crippen LogP contribution in [-0.4, -0.2) is 22.5 Å². The molecule has 22 heavy (non-hydrogen) atoms. The summed E-state index contributed by atoms with van der Waals surface area (Å²) < 4.78 is 0. The number of aromatic hydroxyl groups is 1. The number of nitrogens with zero attached hydrogens (tertiary/aromatic N) is 1. The zero-order valence-electron chi connectivity index (χ0n) is 11.9. The van der Waals surface area contributed by atoms with Gasteiger partial charge in [-0.15, -0.1) is 0 Å². The fourth-order valence-corrected chi connectivity index (χ4v) is 4.18. The van der Waals surface area contributed by atoms with E-state index in [1.165, 1.54) is 38.0 Å². The summed E-state index contributed by atoms with van der Waals surface area (Å²) in [4.78, 5) is 0. The molecule has 3 atom stereocenters. The van der Waals surface area contributed by atoms with Crippen LogP contribution in [0.1, 0.15) is 31.2 Å². The van der Waals surface area contributed by atoms with Crippen LogP contribution in [-0.2, 0) is 0 Å². The van der Waals surface area contributed by atoms with Crippen LogP contribution in [0.3, 0.4) is 0 Å². The summed E-state index contributed by atoms with van der Waals surface area (Å²) in [7, 11) is 0. The number of phenolic OH excluding ortho intramolecular Hbond substituents is 1. The van der Waals surface area contributed by atoms with Gasteiger partial charge in [-0.3, -0.25) is 5.43 Å². The van der Waals surface area contributed by atoms with Gasteiger partial charge in [-0.2, -0.15) is 5.10 Å². The lowest BCUT2D eigenvalue weighted by molar-refractivity contribution is 0.389. The van der Waals surface area contributed by atoms with E-state index in [1.54, 1.807) is 6.07 Å². The number of benzene rings is 1. The van der Waals surface area contributed by atoms with Crippen molar-refractivity contribution in [2.24, 2.45) is 16.9 Å². The van der Waals surface area contributed by atoms with E-state index in [0.29, 0.717) is 21.7 Å². The summed E-state index contributed by atoms with van der Waals surface area (Å²) in [6.07, 6.45) is 6.61. The number of hydrogen-bond acceptors (Lipinski definition) is 3. The predicted molar refractivity (Wildman–Crippen MR) is 93.8 cm³/mol. The molecule has 118 valence electrons. The maximum Gasteiger partial charge on any atom is 0.187 e. The van der Waals surface area contributed by atoms with Crippen molar-refractivity contribution in [2.75, 3.05) is 0 Å². The first kappa shape index (κ1) is 15.8. The minimum atomic E-state index is -0.0522. The molecule has 3 N–H and O–H groups in total. The van der Waals surface area contributed by atoms with Gasteiger partial charge in [0, 0.05) is 16.6 Å². The Morgan fingerprint density at radius 1 is 1.32 bits per heavy atom. The lowest BCUT2D eigenvalue weighted by Gasteiger charge is -2.23. The van der Waals surface area contributed by atoms with Crippen LogP contribution in [0.2, 0.25) is 10.0 Å². The third kappa shape index (κ3) is 3.47. The molecular weight excluding hydrogens is 341 g/mol. The predicted octanol–water partition coefficient (Wildman–Crippen LogP) is 3.69. The minimum Gasteiger partial charge on any atom is -0.506 e. The lowest BCUT2D eigenvalue weighted by Crippen LogP contribution is -2.42. The molecule has 2 aliphatic rings. The molecule has 0 aliphatic heterocycles. The number of phenols is 1. The van der Waals surface area contributed by atoms with E-state index in [4.69, 9.17) is 35.4 Å². The van der Waals surface area contributed by atoms with E-state index in [2.05, 4.69) is 15.8 Å². The Balaban J connectivity index is 1.55. The highest BCUT2D eigenvalue weighted by Crippen LogP contribution is 2.44. The van der Waals surface area contributed by atoms with Gasteiger partial charge in [0.25, 0.3) is 0 Å². The number of rotatable bonds is 3. The second-order valence-electron chi connectivity index (χ2n) is 5.95. The summed E-state index contributed by atoms with van der Waals surface area (Å²) in [5.41, 5.74) is 3.21. The summed E-state index contributed by atoms with van der Waals surface area (Å²) in [6, 6.07) is 3.52. The molecule has 1 aromatic rings. The minimum absolute atomic E-state index is 0.0522. The van der Waals surface area contributed by atoms with Crippen molar-refractivity contribution < 1.29 is 5.11 Å². The van der Waals surface area contributed by atoms with Crippen LogP contribution in [0.15, 0.2) is 17.2 Å². The number of nitrogens with one attached hydrogen (secondary N) is 2. The van der Waals surface area contributed by atoms with E-state index in [9.17, 15) is 5.11 Å². The van der Waals surface area contributed by atoms with E-state index < -0.39 is 0 Å². The smallest absolute Gasteiger partial charge is 0.187 e. The molecule has 0 heterocycles. The Bertz CT molecular complexity index is 623. The Hall–Kier alpha value is -1.04. The normalized spacial score (nSPS) is 26.5. The van der Waals surface area contributed by atoms with E-state index in [-0.39, 0.29) is 10.8 Å². The average Bonchev–Trinajstić information content (AvgIpc) is 3.06. The van der Waals surface area contributed by atoms with Gasteiger partial charge in [-0.25, -0.2) is 0 Å². The molecule has 2 bridgehead atoms. The number of thiocarbonyl (C=S) groups is 1. The first-order chi connectivity index (χ1) is 10.5. The van der Waals surface area contributed by atoms with E-state index >= 15 is 0 Å². The SMILES string of the molecule is Oc1c(Cl)cc(Cl)cc1/C=N\NC(=S)N[C@@H]1C[C@H]2CC[C@@H]1C2. The van der Waals surface area contributed by atoms with Crippen molar-refractivity contribution in [2.45, 2.75) is 31.7 Å². The van der Waals surface area contributed by atoms with Crippen molar-refractivity contribution in [1.29, 1.82) is 0 Å². The van der Waals surface area contributed by atoms with Crippen LogP contribution in [0.4, 0.5) is 0 Å². The van der Waals surface area contributed by atoms with Crippen molar-refractivity contribution in [3.8, 4) is 5.75 Å². The second-order valence-corrected chi connectivity index (χ2v) is 7.20. The summed E-state index contributed by atoms with van der Waals surface area (Å²) in [5, 5.41) is 18.3. The van der Waals surface area contributed by atoms with Crippen LogP contribution in [0, 0.1) is 11.8 Å². The first-order valence-electron chi connectivity index (χ1n) is 7.30. The van der Waals surface area contributed by atoms with Gasteiger partial charge in [0.2, 0.25) is 0 Å². The molecule has 4 nitrogen and oxygen atoms in total. The van der Waals surface area contributed by atoms with Gasteiger partial charge in [0.15, 0.2) is 5.11 Å². The molecule has 7 heteroatoms. The van der Waals surface area contributed by atoms with Crippen molar-refractivity contribution >= 4 is 46.7 Å². The molecule has 2 fully saturated rings. The maximum atomic E-state index is 9.83. The molecule has 0 saturated heterocycles. The molecule has 0 amide bonds. The molecule has 2 aliphatic carbocycles. The highest BCUT2D eigenvalue weighted by molar-refractivity contribution is 7.80. The van der Waals surface area contributed by atoms with Crippen LogP contribution >= 0.6 is 35.4 Å². The van der Waals surface area contributed by atoms with Crippen molar-refractivity contribution in [3.05, 3.63) is 27.7 Å². The third-order valence-electron chi connectivity index (χ3n) is 4.48. The quantitative estimate of drug-likeness (QED) is 0.438. The summed E-state index contributed by atoms with van der Waals surface area (Å²) in [5.74, 6) is 1.55. The van der Waals surface area contributed by atoms with E-state index in [0.717, 1.165) is 11.8 Å². The Kier molecular flexibility index (Phi) is 4.76. The molecular formula is C15H17Cl2N3OS. The van der Waals surface area contributed by atoms with Gasteiger partial charge in [-0.05, 0) is 55.4 Å². The van der Waals surface area contributed by atoms with Crippen LogP contribution in [0.5, 0.6) is 5.75 Å². The fourth-order valence-electron chi connectivity index (χ4n) is 3.47. The molecule has 0 radical (unpaired) electrons. The molecule has 0 aromatic heterocycles. The maximum absolute atomic E-state index is 9.83. The van der Waals surface area contributed by atoms with Gasteiger partial charge in [0.1, 0.15) is 5.75 Å². The largest absolute Gasteiger partial charge is 0.506 e. The Morgan fingerprint density at radius 2 is 2.14 bits per heavy atom. The van der Waals surface area contributed by atoms with Crippen molar-refractivity contribution in [3.63, 3.8) is 0 Å². The number of hydrazone groups is 1. The average molecular weight is 358 g/mol. The summed E-state index contributed by atoms with van der Waals surface area (Å²) >= 11 is 17.0. The Labute approximate surface area is 144 Å². The molecule has 2 saturated carbocycles. The van der Waals surface area contributed by atoms with Crippen molar-refractivity contribution in [1.82, 2.24) is 10.7 Å². The third-order valence-corrected chi connectivity index (χ3v) is 5.20. The van der Waals surface area contributed by atoms with E-state index in [1.807, 2.05) is 0 Å². The monoisotopic (exact) mass is 357 g/mol. The lowest BCUT2D eigenvalue weighted by atomic mass is 9.96. The molecule has 0 spiro atoms.